The van der Waals surface area contributed by atoms with Crippen molar-refractivity contribution in [3.8, 4) is 0 Å². The van der Waals surface area contributed by atoms with Crippen LogP contribution in [0.1, 0.15) is 12.8 Å². The van der Waals surface area contributed by atoms with Crippen molar-refractivity contribution >= 4 is 57.6 Å². The van der Waals surface area contributed by atoms with Gasteiger partial charge >= 0.3 is 0 Å². The number of nitrogens with zero attached hydrogens (tertiary/aromatic N) is 3. The maximum atomic E-state index is 13.1. The summed E-state index contributed by atoms with van der Waals surface area (Å²) in [6.07, 6.45) is 3.24. The van der Waals surface area contributed by atoms with Crippen molar-refractivity contribution in [2.45, 2.75) is 30.6 Å². The molecule has 1 amide bonds. The molecule has 0 bridgehead atoms. The summed E-state index contributed by atoms with van der Waals surface area (Å²) in [5, 5.41) is 4.30. The molecule has 1 aromatic carbocycles. The molecule has 1 fully saturated rings. The van der Waals surface area contributed by atoms with Gasteiger partial charge in [-0.2, -0.15) is 0 Å². The number of hydrogen-bond acceptors (Lipinski definition) is 6. The molecule has 10 heteroatoms. The number of amides is 1. The standard InChI is InChI=1S/C20H18Cl2N4O3S/c21-12-8-15(22)18(23-9-12)25-17(27)11-30-20-24-16-6-2-1-5-14(16)19(28)26(20)10-13-4-3-7-29-13/h1-2,5-6,8-9,13H,3-4,7,10-11H2,(H,23,25,27). The first-order chi connectivity index (χ1) is 14.5. The zero-order valence-electron chi connectivity index (χ0n) is 15.8. The molecule has 4 rings (SSSR count). The maximum absolute atomic E-state index is 13.1. The van der Waals surface area contributed by atoms with Crippen molar-refractivity contribution in [3.05, 3.63) is 56.9 Å². The van der Waals surface area contributed by atoms with E-state index in [1.165, 1.54) is 24.0 Å². The summed E-state index contributed by atoms with van der Waals surface area (Å²) in [7, 11) is 0. The molecule has 1 unspecified atom stereocenters. The minimum atomic E-state index is -0.317. The summed E-state index contributed by atoms with van der Waals surface area (Å²) in [6.45, 7) is 1.10. The number of para-hydroxylation sites is 1. The van der Waals surface area contributed by atoms with Gasteiger partial charge in [0.2, 0.25) is 5.91 Å². The molecule has 7 nitrogen and oxygen atoms in total. The van der Waals surface area contributed by atoms with Gasteiger partial charge in [-0.15, -0.1) is 0 Å². The summed E-state index contributed by atoms with van der Waals surface area (Å²) in [4.78, 5) is 34.1. The highest BCUT2D eigenvalue weighted by Gasteiger charge is 2.21. The van der Waals surface area contributed by atoms with Gasteiger partial charge in [0.1, 0.15) is 0 Å². The number of anilines is 1. The average Bonchev–Trinajstić information content (AvgIpc) is 3.24. The van der Waals surface area contributed by atoms with E-state index in [1.807, 2.05) is 12.1 Å². The molecule has 0 spiro atoms. The molecule has 0 radical (unpaired) electrons. The summed E-state index contributed by atoms with van der Waals surface area (Å²) in [5.74, 6) is -0.0469. The number of fused-ring (bicyclic) bond motifs is 1. The number of nitrogens with one attached hydrogen (secondary N) is 1. The lowest BCUT2D eigenvalue weighted by atomic mass is 10.2. The zero-order valence-corrected chi connectivity index (χ0v) is 18.1. The van der Waals surface area contributed by atoms with Crippen molar-refractivity contribution in [2.75, 3.05) is 17.7 Å². The Kier molecular flexibility index (Phi) is 6.58. The van der Waals surface area contributed by atoms with Crippen molar-refractivity contribution in [2.24, 2.45) is 0 Å². The molecular weight excluding hydrogens is 447 g/mol. The van der Waals surface area contributed by atoms with Crippen molar-refractivity contribution < 1.29 is 9.53 Å². The number of ether oxygens (including phenoxy) is 1. The lowest BCUT2D eigenvalue weighted by molar-refractivity contribution is -0.113. The molecule has 156 valence electrons. The topological polar surface area (TPSA) is 86.1 Å². The Balaban J connectivity index is 1.56. The molecule has 1 N–H and O–H groups in total. The fourth-order valence-electron chi connectivity index (χ4n) is 3.22. The number of pyridine rings is 1. The minimum absolute atomic E-state index is 0.0316. The highest BCUT2D eigenvalue weighted by atomic mass is 35.5. The monoisotopic (exact) mass is 464 g/mol. The van der Waals surface area contributed by atoms with Crippen molar-refractivity contribution in [1.82, 2.24) is 14.5 Å². The fraction of sp³-hybridized carbons (Fsp3) is 0.300. The third-order valence-electron chi connectivity index (χ3n) is 4.63. The summed E-state index contributed by atoms with van der Waals surface area (Å²) in [5.41, 5.74) is 0.456. The van der Waals surface area contributed by atoms with E-state index in [9.17, 15) is 9.59 Å². The van der Waals surface area contributed by atoms with E-state index in [0.717, 1.165) is 12.8 Å². The van der Waals surface area contributed by atoms with Crippen LogP contribution >= 0.6 is 35.0 Å². The van der Waals surface area contributed by atoms with Gasteiger partial charge in [-0.1, -0.05) is 47.1 Å². The van der Waals surface area contributed by atoms with E-state index in [4.69, 9.17) is 27.9 Å². The van der Waals surface area contributed by atoms with Crippen LogP contribution in [0.25, 0.3) is 10.9 Å². The lowest BCUT2D eigenvalue weighted by Crippen LogP contribution is -2.29. The van der Waals surface area contributed by atoms with Crippen LogP contribution in [-0.2, 0) is 16.1 Å². The molecule has 1 saturated heterocycles. The van der Waals surface area contributed by atoms with Crippen molar-refractivity contribution in [3.63, 3.8) is 0 Å². The van der Waals surface area contributed by atoms with Gasteiger partial charge in [0.05, 0.1) is 39.3 Å². The van der Waals surface area contributed by atoms with Crippen LogP contribution < -0.4 is 10.9 Å². The Morgan fingerprint density at radius 3 is 2.93 bits per heavy atom. The molecule has 0 aliphatic carbocycles. The highest BCUT2D eigenvalue weighted by Crippen LogP contribution is 2.24. The van der Waals surface area contributed by atoms with Gasteiger partial charge in [-0.3, -0.25) is 14.2 Å². The second-order valence-corrected chi connectivity index (χ2v) is 8.57. The Hall–Kier alpha value is -2.13. The summed E-state index contributed by atoms with van der Waals surface area (Å²) in [6, 6.07) is 8.68. The maximum Gasteiger partial charge on any atom is 0.262 e. The normalized spacial score (nSPS) is 16.1. The largest absolute Gasteiger partial charge is 0.376 e. The van der Waals surface area contributed by atoms with Crippen LogP contribution in [0, 0.1) is 0 Å². The second-order valence-electron chi connectivity index (χ2n) is 6.78. The zero-order chi connectivity index (χ0) is 21.1. The SMILES string of the molecule is O=C(CSc1nc2ccccc2c(=O)n1CC1CCCO1)Nc1ncc(Cl)cc1Cl. The first-order valence-corrected chi connectivity index (χ1v) is 11.1. The lowest BCUT2D eigenvalue weighted by Gasteiger charge is -2.16. The average molecular weight is 465 g/mol. The van der Waals surface area contributed by atoms with Gasteiger partial charge in [-0.05, 0) is 31.0 Å². The molecule has 30 heavy (non-hydrogen) atoms. The van der Waals surface area contributed by atoms with E-state index in [-0.39, 0.29) is 34.2 Å². The Labute approximate surface area is 186 Å². The van der Waals surface area contributed by atoms with Gasteiger partial charge in [-0.25, -0.2) is 9.97 Å². The Morgan fingerprint density at radius 2 is 2.17 bits per heavy atom. The third-order valence-corrected chi connectivity index (χ3v) is 6.11. The molecule has 3 aromatic rings. The van der Waals surface area contributed by atoms with Crippen LogP contribution in [-0.4, -0.2) is 38.9 Å². The number of thioether (sulfide) groups is 1. The van der Waals surface area contributed by atoms with Crippen LogP contribution in [0.4, 0.5) is 5.82 Å². The molecule has 3 heterocycles. The molecular formula is C20H18Cl2N4O3S. The number of carbonyl (C=O) groups excluding carboxylic acids is 1. The number of benzene rings is 1. The van der Waals surface area contributed by atoms with Gasteiger partial charge < -0.3 is 10.1 Å². The number of halogens is 2. The number of rotatable bonds is 6. The first kappa shape index (κ1) is 21.1. The predicted octanol–water partition coefficient (Wildman–Crippen LogP) is 4.01. The number of hydrogen-bond donors (Lipinski definition) is 1. The summed E-state index contributed by atoms with van der Waals surface area (Å²) >= 11 is 13.1. The molecule has 0 saturated carbocycles. The van der Waals surface area contributed by atoms with E-state index in [1.54, 1.807) is 16.7 Å². The van der Waals surface area contributed by atoms with E-state index in [2.05, 4.69) is 15.3 Å². The Bertz CT molecular complexity index is 1150. The number of carbonyl (C=O) groups is 1. The van der Waals surface area contributed by atoms with Crippen molar-refractivity contribution in [1.29, 1.82) is 0 Å². The summed E-state index contributed by atoms with van der Waals surface area (Å²) < 4.78 is 7.30. The molecule has 1 aliphatic heterocycles. The van der Waals surface area contributed by atoms with Crippen LogP contribution in [0.2, 0.25) is 10.0 Å². The number of aromatic nitrogens is 3. The first-order valence-electron chi connectivity index (χ1n) is 9.36. The molecule has 2 aromatic heterocycles. The third kappa shape index (κ3) is 4.78. The van der Waals surface area contributed by atoms with Gasteiger partial charge in [0, 0.05) is 12.8 Å². The molecule has 1 aliphatic rings. The van der Waals surface area contributed by atoms with E-state index >= 15 is 0 Å². The van der Waals surface area contributed by atoms with Crippen LogP contribution in [0.15, 0.2) is 46.5 Å². The molecule has 1 atom stereocenters. The predicted molar refractivity (Wildman–Crippen MR) is 119 cm³/mol. The second kappa shape index (κ2) is 9.34. The van der Waals surface area contributed by atoms with E-state index < -0.39 is 0 Å². The van der Waals surface area contributed by atoms with Crippen LogP contribution in [0.3, 0.4) is 0 Å². The quantitative estimate of drug-likeness (QED) is 0.438. The highest BCUT2D eigenvalue weighted by molar-refractivity contribution is 7.99. The van der Waals surface area contributed by atoms with E-state index in [0.29, 0.717) is 34.2 Å². The van der Waals surface area contributed by atoms with Gasteiger partial charge in [0.15, 0.2) is 11.0 Å². The smallest absolute Gasteiger partial charge is 0.262 e. The minimum Gasteiger partial charge on any atom is -0.376 e. The van der Waals surface area contributed by atoms with Crippen LogP contribution in [0.5, 0.6) is 0 Å². The fourth-order valence-corrected chi connectivity index (χ4v) is 4.45. The Morgan fingerprint density at radius 1 is 1.33 bits per heavy atom. The van der Waals surface area contributed by atoms with Gasteiger partial charge in [0.25, 0.3) is 5.56 Å².